The molecule has 0 aromatic heterocycles. The average molecular weight is 363 g/mol. The second-order valence-corrected chi connectivity index (χ2v) is 7.27. The first-order valence-electron chi connectivity index (χ1n) is 9.76. The minimum atomic E-state index is -0.0964. The Kier molecular flexibility index (Phi) is 5.10. The van der Waals surface area contributed by atoms with Crippen molar-refractivity contribution >= 4 is 23.2 Å². The van der Waals surface area contributed by atoms with E-state index >= 15 is 0 Å². The molecular formula is C22H25N3O2. The highest BCUT2D eigenvalue weighted by molar-refractivity contribution is 6.05. The molecule has 2 aromatic rings. The fraction of sp³-hybridized carbons (Fsp3) is 0.364. The van der Waals surface area contributed by atoms with Crippen LogP contribution in [0.15, 0.2) is 48.5 Å². The topological polar surface area (TPSA) is 61.4 Å². The lowest BCUT2D eigenvalue weighted by Gasteiger charge is -2.41. The molecule has 2 N–H and O–H groups in total. The van der Waals surface area contributed by atoms with Gasteiger partial charge in [-0.2, -0.15) is 0 Å². The van der Waals surface area contributed by atoms with Gasteiger partial charge in [0.15, 0.2) is 0 Å². The molecule has 5 nitrogen and oxygen atoms in total. The predicted octanol–water partition coefficient (Wildman–Crippen LogP) is 3.36. The molecule has 0 bridgehead atoms. The van der Waals surface area contributed by atoms with E-state index in [1.807, 2.05) is 30.3 Å². The standard InChI is InChI=1S/C22H25N3O2/c26-21(23-13-6-9-16-7-2-1-3-8-16)17-11-12-19-18(15-17)24-22(27)20-10-4-5-14-25(19)20/h1-3,7-8,11-12,15,20H,4-6,9-10,13-14H2,(H,23,26)(H,24,27)/t20-/m0/s1. The van der Waals surface area contributed by atoms with Crippen LogP contribution in [-0.4, -0.2) is 30.9 Å². The van der Waals surface area contributed by atoms with Crippen LogP contribution in [0.5, 0.6) is 0 Å². The summed E-state index contributed by atoms with van der Waals surface area (Å²) in [5.74, 6) is -0.0523. The van der Waals surface area contributed by atoms with Crippen LogP contribution in [0.2, 0.25) is 0 Å². The minimum Gasteiger partial charge on any atom is -0.358 e. The Balaban J connectivity index is 1.37. The van der Waals surface area contributed by atoms with Crippen molar-refractivity contribution in [3.8, 4) is 0 Å². The number of benzene rings is 2. The van der Waals surface area contributed by atoms with Crippen molar-refractivity contribution in [2.24, 2.45) is 0 Å². The fourth-order valence-electron chi connectivity index (χ4n) is 3.98. The summed E-state index contributed by atoms with van der Waals surface area (Å²) in [6, 6.07) is 15.8. The Bertz CT molecular complexity index is 835. The minimum absolute atomic E-state index is 0.0441. The number of aryl methyl sites for hydroxylation is 1. The summed E-state index contributed by atoms with van der Waals surface area (Å²) >= 11 is 0. The first-order chi connectivity index (χ1) is 13.2. The largest absolute Gasteiger partial charge is 0.358 e. The number of piperidine rings is 1. The van der Waals surface area contributed by atoms with Crippen molar-refractivity contribution < 1.29 is 9.59 Å². The van der Waals surface area contributed by atoms with Crippen molar-refractivity contribution in [3.63, 3.8) is 0 Å². The normalized spacial score (nSPS) is 18.3. The lowest BCUT2D eigenvalue weighted by Crippen LogP contribution is -2.50. The zero-order chi connectivity index (χ0) is 18.6. The van der Waals surface area contributed by atoms with Gasteiger partial charge in [-0.15, -0.1) is 0 Å². The van der Waals surface area contributed by atoms with Crippen LogP contribution in [0.3, 0.4) is 0 Å². The third-order valence-electron chi connectivity index (χ3n) is 5.40. The summed E-state index contributed by atoms with van der Waals surface area (Å²) < 4.78 is 0. The molecule has 0 saturated carbocycles. The molecule has 27 heavy (non-hydrogen) atoms. The molecule has 5 heteroatoms. The van der Waals surface area contributed by atoms with Crippen LogP contribution in [0.25, 0.3) is 0 Å². The van der Waals surface area contributed by atoms with Gasteiger partial charge >= 0.3 is 0 Å². The Morgan fingerprint density at radius 3 is 2.85 bits per heavy atom. The van der Waals surface area contributed by atoms with Gasteiger partial charge in [0, 0.05) is 18.7 Å². The van der Waals surface area contributed by atoms with Crippen molar-refractivity contribution in [2.45, 2.75) is 38.1 Å². The second-order valence-electron chi connectivity index (χ2n) is 7.27. The number of carbonyl (C=O) groups is 2. The maximum absolute atomic E-state index is 12.5. The first kappa shape index (κ1) is 17.6. The van der Waals surface area contributed by atoms with E-state index in [0.717, 1.165) is 50.0 Å². The Labute approximate surface area is 159 Å². The maximum atomic E-state index is 12.5. The number of rotatable bonds is 5. The van der Waals surface area contributed by atoms with Gasteiger partial charge in [0.25, 0.3) is 5.91 Å². The summed E-state index contributed by atoms with van der Waals surface area (Å²) in [4.78, 5) is 27.0. The van der Waals surface area contributed by atoms with E-state index in [4.69, 9.17) is 0 Å². The molecule has 2 aliphatic rings. The number of nitrogens with one attached hydrogen (secondary N) is 2. The van der Waals surface area contributed by atoms with Crippen molar-refractivity contribution in [2.75, 3.05) is 23.3 Å². The third kappa shape index (κ3) is 3.82. The number of amides is 2. The van der Waals surface area contributed by atoms with Crippen molar-refractivity contribution in [1.82, 2.24) is 5.32 Å². The van der Waals surface area contributed by atoms with Crippen LogP contribution in [-0.2, 0) is 11.2 Å². The summed E-state index contributed by atoms with van der Waals surface area (Å²) in [5.41, 5.74) is 3.64. The van der Waals surface area contributed by atoms with Crippen LogP contribution in [0.4, 0.5) is 11.4 Å². The number of anilines is 2. The third-order valence-corrected chi connectivity index (χ3v) is 5.40. The molecule has 0 aliphatic carbocycles. The van der Waals surface area contributed by atoms with Gasteiger partial charge in [-0.3, -0.25) is 9.59 Å². The monoisotopic (exact) mass is 363 g/mol. The molecule has 2 aliphatic heterocycles. The SMILES string of the molecule is O=C(NCCCc1ccccc1)c1ccc2c(c1)NC(=O)[C@@H]1CCCCN21. The molecule has 2 heterocycles. The molecule has 1 atom stereocenters. The lowest BCUT2D eigenvalue weighted by atomic mass is 9.97. The Morgan fingerprint density at radius 1 is 1.15 bits per heavy atom. The molecular weight excluding hydrogens is 338 g/mol. The van der Waals surface area contributed by atoms with E-state index in [1.165, 1.54) is 5.56 Å². The fourth-order valence-corrected chi connectivity index (χ4v) is 3.98. The van der Waals surface area contributed by atoms with Crippen LogP contribution in [0, 0.1) is 0 Å². The Morgan fingerprint density at radius 2 is 2.00 bits per heavy atom. The molecule has 2 amide bonds. The lowest BCUT2D eigenvalue weighted by molar-refractivity contribution is -0.118. The molecule has 2 aromatic carbocycles. The molecule has 0 spiro atoms. The molecule has 1 fully saturated rings. The Hall–Kier alpha value is -2.82. The van der Waals surface area contributed by atoms with E-state index in [1.54, 1.807) is 6.07 Å². The average Bonchev–Trinajstić information content (AvgIpc) is 2.71. The van der Waals surface area contributed by atoms with Crippen LogP contribution >= 0.6 is 0 Å². The van der Waals surface area contributed by atoms with Gasteiger partial charge < -0.3 is 15.5 Å². The van der Waals surface area contributed by atoms with Crippen molar-refractivity contribution in [1.29, 1.82) is 0 Å². The van der Waals surface area contributed by atoms with Gasteiger partial charge in [0.2, 0.25) is 5.91 Å². The number of nitrogens with zero attached hydrogens (tertiary/aromatic N) is 1. The number of fused-ring (bicyclic) bond motifs is 3. The zero-order valence-electron chi connectivity index (χ0n) is 15.4. The van der Waals surface area contributed by atoms with E-state index < -0.39 is 0 Å². The molecule has 0 radical (unpaired) electrons. The van der Waals surface area contributed by atoms with E-state index in [-0.39, 0.29) is 17.9 Å². The highest BCUT2D eigenvalue weighted by Gasteiger charge is 2.34. The molecule has 140 valence electrons. The van der Waals surface area contributed by atoms with Gasteiger partial charge in [-0.25, -0.2) is 0 Å². The smallest absolute Gasteiger partial charge is 0.251 e. The summed E-state index contributed by atoms with van der Waals surface area (Å²) in [7, 11) is 0. The number of hydrogen-bond acceptors (Lipinski definition) is 3. The number of hydrogen-bond donors (Lipinski definition) is 2. The van der Waals surface area contributed by atoms with Gasteiger partial charge in [-0.05, 0) is 55.9 Å². The van der Waals surface area contributed by atoms with Crippen LogP contribution in [0.1, 0.15) is 41.6 Å². The van der Waals surface area contributed by atoms with Gasteiger partial charge in [0.05, 0.1) is 11.4 Å². The summed E-state index contributed by atoms with van der Waals surface area (Å²) in [5, 5.41) is 5.96. The summed E-state index contributed by atoms with van der Waals surface area (Å²) in [6.07, 6.45) is 4.93. The van der Waals surface area contributed by atoms with Crippen LogP contribution < -0.4 is 15.5 Å². The van der Waals surface area contributed by atoms with E-state index in [9.17, 15) is 9.59 Å². The zero-order valence-corrected chi connectivity index (χ0v) is 15.4. The van der Waals surface area contributed by atoms with Gasteiger partial charge in [0.1, 0.15) is 6.04 Å². The number of carbonyl (C=O) groups excluding carboxylic acids is 2. The van der Waals surface area contributed by atoms with E-state index in [0.29, 0.717) is 12.1 Å². The summed E-state index contributed by atoms with van der Waals surface area (Å²) in [6.45, 7) is 1.53. The maximum Gasteiger partial charge on any atom is 0.251 e. The molecule has 4 rings (SSSR count). The van der Waals surface area contributed by atoms with Gasteiger partial charge in [-0.1, -0.05) is 30.3 Å². The highest BCUT2D eigenvalue weighted by Crippen LogP contribution is 2.36. The quantitative estimate of drug-likeness (QED) is 0.801. The molecule has 0 unspecified atom stereocenters. The predicted molar refractivity (Wildman–Crippen MR) is 107 cm³/mol. The highest BCUT2D eigenvalue weighted by atomic mass is 16.2. The first-order valence-corrected chi connectivity index (χ1v) is 9.76. The molecule has 1 saturated heterocycles. The van der Waals surface area contributed by atoms with E-state index in [2.05, 4.69) is 27.7 Å². The second kappa shape index (κ2) is 7.82. The van der Waals surface area contributed by atoms with Crippen molar-refractivity contribution in [3.05, 3.63) is 59.7 Å².